The number of ether oxygens (including phenoxy) is 1. The minimum Gasteiger partial charge on any atom is -0.490 e. The number of nitro benzene ring substituents is 1. The Morgan fingerprint density at radius 2 is 2.00 bits per heavy atom. The highest BCUT2D eigenvalue weighted by Gasteiger charge is 2.21. The molecular formula is C19H20N2O6. The van der Waals surface area contributed by atoms with Crippen molar-refractivity contribution in [3.8, 4) is 5.75 Å². The van der Waals surface area contributed by atoms with Crippen LogP contribution in [0.2, 0.25) is 0 Å². The first kappa shape index (κ1) is 19.9. The predicted molar refractivity (Wildman–Crippen MR) is 98.0 cm³/mol. The molecule has 2 aromatic carbocycles. The van der Waals surface area contributed by atoms with Crippen LogP contribution in [-0.2, 0) is 11.2 Å². The largest absolute Gasteiger partial charge is 0.490 e. The van der Waals surface area contributed by atoms with Gasteiger partial charge in [0.1, 0.15) is 0 Å². The zero-order chi connectivity index (χ0) is 20.0. The molecule has 1 atom stereocenters. The monoisotopic (exact) mass is 372 g/mol. The molecule has 142 valence electrons. The van der Waals surface area contributed by atoms with Crippen LogP contribution < -0.4 is 10.1 Å². The summed E-state index contributed by atoms with van der Waals surface area (Å²) in [7, 11) is 1.27. The minimum atomic E-state index is -1.02. The molecule has 0 aliphatic rings. The van der Waals surface area contributed by atoms with Crippen molar-refractivity contribution < 1.29 is 24.4 Å². The number of nitrogens with zero attached hydrogens (tertiary/aromatic N) is 1. The van der Waals surface area contributed by atoms with Gasteiger partial charge in [-0.1, -0.05) is 29.8 Å². The number of carbonyl (C=O) groups excluding carboxylic acids is 1. The maximum absolute atomic E-state index is 12.3. The van der Waals surface area contributed by atoms with Crippen molar-refractivity contribution in [2.45, 2.75) is 13.3 Å². The van der Waals surface area contributed by atoms with Gasteiger partial charge in [-0.05, 0) is 25.0 Å². The summed E-state index contributed by atoms with van der Waals surface area (Å²) in [6.07, 6.45) is 0.279. The fourth-order valence-electron chi connectivity index (χ4n) is 2.66. The van der Waals surface area contributed by atoms with Crippen LogP contribution in [-0.4, -0.2) is 35.6 Å². The van der Waals surface area contributed by atoms with E-state index in [-0.39, 0.29) is 30.0 Å². The van der Waals surface area contributed by atoms with Crippen molar-refractivity contribution in [3.63, 3.8) is 0 Å². The Balaban J connectivity index is 2.07. The van der Waals surface area contributed by atoms with Crippen LogP contribution in [0.3, 0.4) is 0 Å². The third-order valence-corrected chi connectivity index (χ3v) is 4.06. The van der Waals surface area contributed by atoms with E-state index in [1.165, 1.54) is 25.3 Å². The van der Waals surface area contributed by atoms with Crippen LogP contribution in [0, 0.1) is 23.0 Å². The Morgan fingerprint density at radius 3 is 2.59 bits per heavy atom. The molecule has 1 unspecified atom stereocenters. The van der Waals surface area contributed by atoms with E-state index in [1.54, 1.807) is 0 Å². The summed E-state index contributed by atoms with van der Waals surface area (Å²) >= 11 is 0. The second kappa shape index (κ2) is 8.79. The van der Waals surface area contributed by atoms with Crippen LogP contribution in [0.5, 0.6) is 5.75 Å². The fourth-order valence-corrected chi connectivity index (χ4v) is 2.66. The molecule has 0 bridgehead atoms. The topological polar surface area (TPSA) is 119 Å². The number of aryl methyl sites for hydroxylation is 1. The number of carboxylic acid groups (broad SMARTS) is 1. The first-order valence-corrected chi connectivity index (χ1v) is 8.20. The number of carboxylic acids is 1. The van der Waals surface area contributed by atoms with E-state index in [9.17, 15) is 24.8 Å². The van der Waals surface area contributed by atoms with Crippen molar-refractivity contribution in [3.05, 3.63) is 69.3 Å². The first-order valence-electron chi connectivity index (χ1n) is 8.20. The molecule has 8 heteroatoms. The second-order valence-electron chi connectivity index (χ2n) is 6.08. The Morgan fingerprint density at radius 1 is 1.26 bits per heavy atom. The van der Waals surface area contributed by atoms with Gasteiger partial charge in [-0.25, -0.2) is 0 Å². The SMILES string of the molecule is COc1cc(C(=O)NCC(Cc2cccc(C)c2)C(=O)O)ccc1[N+](=O)[O-]. The Kier molecular flexibility index (Phi) is 6.48. The number of nitro groups is 1. The number of amides is 1. The lowest BCUT2D eigenvalue weighted by atomic mass is 9.98. The molecule has 8 nitrogen and oxygen atoms in total. The number of benzene rings is 2. The quantitative estimate of drug-likeness (QED) is 0.543. The molecule has 0 radical (unpaired) electrons. The van der Waals surface area contributed by atoms with Crippen molar-refractivity contribution in [2.75, 3.05) is 13.7 Å². The van der Waals surface area contributed by atoms with Gasteiger partial charge in [-0.3, -0.25) is 19.7 Å². The molecule has 0 aliphatic carbocycles. The van der Waals surface area contributed by atoms with Gasteiger partial charge in [0, 0.05) is 24.2 Å². The molecule has 0 saturated heterocycles. The summed E-state index contributed by atoms with van der Waals surface area (Å²) in [5.41, 5.74) is 1.79. The molecule has 0 heterocycles. The number of hydrogen-bond donors (Lipinski definition) is 2. The van der Waals surface area contributed by atoms with E-state index in [0.717, 1.165) is 11.1 Å². The molecule has 2 aromatic rings. The maximum Gasteiger partial charge on any atom is 0.310 e. The number of rotatable bonds is 8. The highest BCUT2D eigenvalue weighted by atomic mass is 16.6. The summed E-state index contributed by atoms with van der Waals surface area (Å²) in [5.74, 6) is -2.38. The molecule has 0 fully saturated rings. The van der Waals surface area contributed by atoms with E-state index < -0.39 is 22.7 Å². The van der Waals surface area contributed by atoms with Gasteiger partial charge in [0.2, 0.25) is 0 Å². The Hall–Kier alpha value is -3.42. The number of nitrogens with one attached hydrogen (secondary N) is 1. The van der Waals surface area contributed by atoms with Gasteiger partial charge in [-0.2, -0.15) is 0 Å². The van der Waals surface area contributed by atoms with Gasteiger partial charge in [-0.15, -0.1) is 0 Å². The summed E-state index contributed by atoms with van der Waals surface area (Å²) in [6.45, 7) is 1.85. The minimum absolute atomic E-state index is 0.0396. The maximum atomic E-state index is 12.3. The van der Waals surface area contributed by atoms with Crippen LogP contribution in [0.1, 0.15) is 21.5 Å². The van der Waals surface area contributed by atoms with E-state index >= 15 is 0 Å². The average Bonchev–Trinajstić information content (AvgIpc) is 2.63. The number of hydrogen-bond acceptors (Lipinski definition) is 5. The molecule has 2 rings (SSSR count). The lowest BCUT2D eigenvalue weighted by Crippen LogP contribution is -2.34. The van der Waals surface area contributed by atoms with E-state index in [0.29, 0.717) is 0 Å². The third-order valence-electron chi connectivity index (χ3n) is 4.06. The fraction of sp³-hybridized carbons (Fsp3) is 0.263. The van der Waals surface area contributed by atoms with Crippen LogP contribution in [0.25, 0.3) is 0 Å². The van der Waals surface area contributed by atoms with Crippen LogP contribution in [0.15, 0.2) is 42.5 Å². The van der Waals surface area contributed by atoms with Gasteiger partial charge in [0.15, 0.2) is 5.75 Å². The lowest BCUT2D eigenvalue weighted by molar-refractivity contribution is -0.385. The van der Waals surface area contributed by atoms with Gasteiger partial charge in [0.05, 0.1) is 18.0 Å². The summed E-state index contributed by atoms with van der Waals surface area (Å²) in [5, 5.41) is 22.9. The molecule has 0 aromatic heterocycles. The highest BCUT2D eigenvalue weighted by molar-refractivity contribution is 5.95. The zero-order valence-electron chi connectivity index (χ0n) is 15.0. The van der Waals surface area contributed by atoms with E-state index in [2.05, 4.69) is 5.32 Å². The lowest BCUT2D eigenvalue weighted by Gasteiger charge is -2.14. The van der Waals surface area contributed by atoms with E-state index in [1.807, 2.05) is 31.2 Å². The second-order valence-corrected chi connectivity index (χ2v) is 6.08. The van der Waals surface area contributed by atoms with Crippen LogP contribution in [0.4, 0.5) is 5.69 Å². The molecular weight excluding hydrogens is 352 g/mol. The molecule has 1 amide bonds. The van der Waals surface area contributed by atoms with Crippen molar-refractivity contribution in [2.24, 2.45) is 5.92 Å². The summed E-state index contributed by atoms with van der Waals surface area (Å²) in [4.78, 5) is 34.1. The number of carbonyl (C=O) groups is 2. The van der Waals surface area contributed by atoms with Crippen molar-refractivity contribution >= 4 is 17.6 Å². The Bertz CT molecular complexity index is 865. The molecule has 0 spiro atoms. The molecule has 2 N–H and O–H groups in total. The van der Waals surface area contributed by atoms with Gasteiger partial charge in [0.25, 0.3) is 5.91 Å². The van der Waals surface area contributed by atoms with Gasteiger partial charge >= 0.3 is 11.7 Å². The first-order chi connectivity index (χ1) is 12.8. The number of methoxy groups -OCH3 is 1. The van der Waals surface area contributed by atoms with Crippen molar-refractivity contribution in [1.82, 2.24) is 5.32 Å². The summed E-state index contributed by atoms with van der Waals surface area (Å²) < 4.78 is 4.94. The summed E-state index contributed by atoms with van der Waals surface area (Å²) in [6, 6.07) is 11.2. The third kappa shape index (κ3) is 5.27. The standard InChI is InChI=1S/C19H20N2O6/c1-12-4-3-5-13(8-12)9-15(19(23)24)11-20-18(22)14-6-7-16(21(25)26)17(10-14)27-2/h3-8,10,15H,9,11H2,1-2H3,(H,20,22)(H,23,24). The van der Waals surface area contributed by atoms with E-state index in [4.69, 9.17) is 4.74 Å². The average molecular weight is 372 g/mol. The highest BCUT2D eigenvalue weighted by Crippen LogP contribution is 2.27. The molecule has 27 heavy (non-hydrogen) atoms. The van der Waals surface area contributed by atoms with Crippen LogP contribution >= 0.6 is 0 Å². The smallest absolute Gasteiger partial charge is 0.310 e. The normalized spacial score (nSPS) is 11.5. The predicted octanol–water partition coefficient (Wildman–Crippen LogP) is 2.59. The Labute approximate surface area is 155 Å². The number of aliphatic carboxylic acids is 1. The zero-order valence-corrected chi connectivity index (χ0v) is 15.0. The van der Waals surface area contributed by atoms with Crippen molar-refractivity contribution in [1.29, 1.82) is 0 Å². The molecule has 0 aliphatic heterocycles. The molecule has 0 saturated carbocycles. The van der Waals surface area contributed by atoms with Gasteiger partial charge < -0.3 is 15.2 Å².